The number of aryl methyl sites for hydroxylation is 1. The van der Waals surface area contributed by atoms with Crippen molar-refractivity contribution in [2.75, 3.05) is 0 Å². The van der Waals surface area contributed by atoms with Gasteiger partial charge in [-0.25, -0.2) is 0 Å². The second-order valence-electron chi connectivity index (χ2n) is 7.24. The van der Waals surface area contributed by atoms with Crippen molar-refractivity contribution in [1.29, 1.82) is 0 Å². The summed E-state index contributed by atoms with van der Waals surface area (Å²) in [6.45, 7) is 0. The van der Waals surface area contributed by atoms with Gasteiger partial charge in [0.05, 0.1) is 6.04 Å². The average molecular weight is 432 g/mol. The Kier molecular flexibility index (Phi) is 6.75. The largest absolute Gasteiger partial charge is 0.349 e. The smallest absolute Gasteiger partial charge is 0.227 e. The highest BCUT2D eigenvalue weighted by atomic mass is 35.5. The van der Waals surface area contributed by atoms with Crippen molar-refractivity contribution in [3.8, 4) is 11.4 Å². The van der Waals surface area contributed by atoms with E-state index in [1.807, 2.05) is 60.7 Å². The lowest BCUT2D eigenvalue weighted by molar-refractivity contribution is -0.121. The molecule has 156 valence electrons. The van der Waals surface area contributed by atoms with E-state index in [1.54, 1.807) is 12.1 Å². The zero-order valence-corrected chi connectivity index (χ0v) is 17.6. The van der Waals surface area contributed by atoms with E-state index in [2.05, 4.69) is 27.6 Å². The Balaban J connectivity index is 1.38. The molecule has 1 unspecified atom stereocenters. The molecule has 0 aliphatic rings. The second kappa shape index (κ2) is 10.0. The van der Waals surface area contributed by atoms with Crippen molar-refractivity contribution in [2.24, 2.45) is 0 Å². The van der Waals surface area contributed by atoms with Gasteiger partial charge in [0.1, 0.15) is 0 Å². The summed E-state index contributed by atoms with van der Waals surface area (Å²) >= 11 is 5.92. The number of halogens is 1. The summed E-state index contributed by atoms with van der Waals surface area (Å²) in [5, 5.41) is 7.80. The van der Waals surface area contributed by atoms with E-state index in [1.165, 1.54) is 5.56 Å². The van der Waals surface area contributed by atoms with E-state index in [4.69, 9.17) is 16.1 Å². The maximum Gasteiger partial charge on any atom is 0.227 e. The van der Waals surface area contributed by atoms with Crippen LogP contribution in [0.2, 0.25) is 5.02 Å². The Morgan fingerprint density at radius 2 is 1.61 bits per heavy atom. The monoisotopic (exact) mass is 431 g/mol. The number of benzene rings is 3. The number of nitrogens with zero attached hydrogens (tertiary/aromatic N) is 2. The number of aromatic nitrogens is 2. The van der Waals surface area contributed by atoms with Gasteiger partial charge in [0, 0.05) is 23.4 Å². The Labute approximate surface area is 186 Å². The molecule has 1 N–H and O–H groups in total. The Morgan fingerprint density at radius 1 is 0.935 bits per heavy atom. The molecule has 0 spiro atoms. The molecule has 1 amide bonds. The number of hydrogen-bond acceptors (Lipinski definition) is 4. The normalized spacial score (nSPS) is 11.8. The third kappa shape index (κ3) is 5.80. The molecule has 1 aromatic heterocycles. The molecule has 4 rings (SSSR count). The molecule has 4 aromatic rings. The van der Waals surface area contributed by atoms with Gasteiger partial charge in [-0.2, -0.15) is 4.98 Å². The maximum absolute atomic E-state index is 12.7. The van der Waals surface area contributed by atoms with Crippen LogP contribution in [-0.4, -0.2) is 16.0 Å². The van der Waals surface area contributed by atoms with Crippen LogP contribution in [0.1, 0.15) is 29.5 Å². The molecule has 5 nitrogen and oxygen atoms in total. The predicted molar refractivity (Wildman–Crippen MR) is 121 cm³/mol. The van der Waals surface area contributed by atoms with Crippen molar-refractivity contribution in [1.82, 2.24) is 15.5 Å². The van der Waals surface area contributed by atoms with Crippen LogP contribution >= 0.6 is 11.6 Å². The van der Waals surface area contributed by atoms with Gasteiger partial charge in [-0.3, -0.25) is 4.79 Å². The molecule has 1 atom stereocenters. The van der Waals surface area contributed by atoms with Crippen LogP contribution in [0.25, 0.3) is 11.4 Å². The highest BCUT2D eigenvalue weighted by molar-refractivity contribution is 6.30. The molecule has 0 saturated carbocycles. The van der Waals surface area contributed by atoms with Crippen molar-refractivity contribution >= 4 is 17.5 Å². The summed E-state index contributed by atoms with van der Waals surface area (Å²) in [5.41, 5.74) is 3.06. The second-order valence-corrected chi connectivity index (χ2v) is 7.68. The fourth-order valence-electron chi connectivity index (χ4n) is 3.35. The van der Waals surface area contributed by atoms with Gasteiger partial charge in [0.2, 0.25) is 17.6 Å². The SMILES string of the molecule is O=C(CCc1nc(-c2ccc(Cl)cc2)no1)NC(Cc1ccccc1)c1ccccc1. The number of hydrogen-bond donors (Lipinski definition) is 1. The summed E-state index contributed by atoms with van der Waals surface area (Å²) in [6, 6.07) is 27.2. The van der Waals surface area contributed by atoms with Gasteiger partial charge in [-0.15, -0.1) is 0 Å². The zero-order chi connectivity index (χ0) is 21.5. The molecular weight excluding hydrogens is 410 g/mol. The van der Waals surface area contributed by atoms with Gasteiger partial charge in [-0.05, 0) is 41.8 Å². The average Bonchev–Trinajstić information content (AvgIpc) is 3.28. The minimum Gasteiger partial charge on any atom is -0.349 e. The van der Waals surface area contributed by atoms with Gasteiger partial charge in [-0.1, -0.05) is 77.4 Å². The van der Waals surface area contributed by atoms with E-state index in [0.29, 0.717) is 23.2 Å². The standard InChI is InChI=1S/C25H22ClN3O2/c26-21-13-11-20(12-14-21)25-28-24(31-29-25)16-15-23(30)27-22(19-9-5-2-6-10-19)17-18-7-3-1-4-8-18/h1-14,22H,15-17H2,(H,27,30). The topological polar surface area (TPSA) is 68.0 Å². The lowest BCUT2D eigenvalue weighted by Crippen LogP contribution is -2.30. The Morgan fingerprint density at radius 3 is 2.32 bits per heavy atom. The predicted octanol–water partition coefficient (Wildman–Crippen LogP) is 5.42. The van der Waals surface area contributed by atoms with Crippen LogP contribution in [0.5, 0.6) is 0 Å². The van der Waals surface area contributed by atoms with Crippen LogP contribution in [0.4, 0.5) is 0 Å². The summed E-state index contributed by atoms with van der Waals surface area (Å²) < 4.78 is 5.31. The lowest BCUT2D eigenvalue weighted by Gasteiger charge is -2.19. The zero-order valence-electron chi connectivity index (χ0n) is 16.9. The first-order valence-electron chi connectivity index (χ1n) is 10.1. The molecule has 0 aliphatic carbocycles. The van der Waals surface area contributed by atoms with Crippen LogP contribution < -0.4 is 5.32 Å². The first kappa shape index (κ1) is 20.8. The first-order valence-corrected chi connectivity index (χ1v) is 10.5. The van der Waals surface area contributed by atoms with Crippen molar-refractivity contribution in [2.45, 2.75) is 25.3 Å². The molecule has 0 saturated heterocycles. The number of carbonyl (C=O) groups is 1. The minimum atomic E-state index is -0.108. The third-order valence-corrected chi connectivity index (χ3v) is 5.21. The number of nitrogens with one attached hydrogen (secondary N) is 1. The van der Waals surface area contributed by atoms with E-state index < -0.39 is 0 Å². The summed E-state index contributed by atoms with van der Waals surface area (Å²) in [7, 11) is 0. The Hall–Kier alpha value is -3.44. The molecule has 1 heterocycles. The van der Waals surface area contributed by atoms with Crippen molar-refractivity contribution in [3.05, 3.63) is 107 Å². The van der Waals surface area contributed by atoms with Gasteiger partial charge in [0.15, 0.2) is 0 Å². The first-order chi connectivity index (χ1) is 15.2. The van der Waals surface area contributed by atoms with Gasteiger partial charge < -0.3 is 9.84 Å². The van der Waals surface area contributed by atoms with Crippen LogP contribution in [-0.2, 0) is 17.6 Å². The lowest BCUT2D eigenvalue weighted by atomic mass is 9.98. The maximum atomic E-state index is 12.7. The van der Waals surface area contributed by atoms with E-state index in [-0.39, 0.29) is 18.4 Å². The van der Waals surface area contributed by atoms with E-state index in [9.17, 15) is 4.79 Å². The van der Waals surface area contributed by atoms with Crippen LogP contribution in [0.3, 0.4) is 0 Å². The van der Waals surface area contributed by atoms with Crippen LogP contribution in [0.15, 0.2) is 89.5 Å². The highest BCUT2D eigenvalue weighted by Crippen LogP contribution is 2.20. The molecule has 31 heavy (non-hydrogen) atoms. The summed E-state index contributed by atoms with van der Waals surface area (Å²) in [4.78, 5) is 17.1. The fourth-order valence-corrected chi connectivity index (χ4v) is 3.47. The fraction of sp³-hybridized carbons (Fsp3) is 0.160. The molecule has 0 radical (unpaired) electrons. The summed E-state index contributed by atoms with van der Waals surface area (Å²) in [5.74, 6) is 0.855. The molecule has 0 fully saturated rings. The summed E-state index contributed by atoms with van der Waals surface area (Å²) in [6.07, 6.45) is 1.36. The Bertz CT molecular complexity index is 1110. The quantitative estimate of drug-likeness (QED) is 0.404. The molecule has 3 aromatic carbocycles. The van der Waals surface area contributed by atoms with Crippen molar-refractivity contribution < 1.29 is 9.32 Å². The van der Waals surface area contributed by atoms with E-state index in [0.717, 1.165) is 17.5 Å². The molecule has 0 bridgehead atoms. The van der Waals surface area contributed by atoms with Crippen LogP contribution in [0, 0.1) is 0 Å². The number of rotatable bonds is 8. The molecule has 0 aliphatic heterocycles. The van der Waals surface area contributed by atoms with Gasteiger partial charge >= 0.3 is 0 Å². The number of amides is 1. The van der Waals surface area contributed by atoms with Gasteiger partial charge in [0.25, 0.3) is 0 Å². The third-order valence-electron chi connectivity index (χ3n) is 4.96. The minimum absolute atomic E-state index is 0.0592. The molecule has 6 heteroatoms. The molecular formula is C25H22ClN3O2. The van der Waals surface area contributed by atoms with E-state index >= 15 is 0 Å². The highest BCUT2D eigenvalue weighted by Gasteiger charge is 2.16. The van der Waals surface area contributed by atoms with Crippen molar-refractivity contribution in [3.63, 3.8) is 0 Å². The number of carbonyl (C=O) groups excluding carboxylic acids is 1.